The summed E-state index contributed by atoms with van der Waals surface area (Å²) in [7, 11) is 0. The zero-order valence-electron chi connectivity index (χ0n) is 12.1. The lowest BCUT2D eigenvalue weighted by Crippen LogP contribution is -2.39. The molecule has 0 saturated carbocycles. The van der Waals surface area contributed by atoms with Gasteiger partial charge in [-0.05, 0) is 23.8 Å². The molecule has 0 saturated heterocycles. The summed E-state index contributed by atoms with van der Waals surface area (Å²) in [5.41, 5.74) is 1.37. The Morgan fingerprint density at radius 1 is 0.957 bits per heavy atom. The zero-order chi connectivity index (χ0) is 16.7. The summed E-state index contributed by atoms with van der Waals surface area (Å²) in [4.78, 5) is 23.4. The van der Waals surface area contributed by atoms with Gasteiger partial charge in [0.1, 0.15) is 0 Å². The summed E-state index contributed by atoms with van der Waals surface area (Å²) >= 11 is 11.8. The normalized spacial score (nSPS) is 10.0. The Morgan fingerprint density at radius 2 is 1.70 bits per heavy atom. The van der Waals surface area contributed by atoms with Gasteiger partial charge in [-0.15, -0.1) is 0 Å². The van der Waals surface area contributed by atoms with E-state index in [-0.39, 0.29) is 6.54 Å². The van der Waals surface area contributed by atoms with Crippen LogP contribution < -0.4 is 16.0 Å². The summed E-state index contributed by atoms with van der Waals surface area (Å²) in [6.45, 7) is 0.206. The van der Waals surface area contributed by atoms with Crippen molar-refractivity contribution in [1.29, 1.82) is 0 Å². The number of nitrogens with one attached hydrogen (secondary N) is 3. The molecule has 2 aromatic rings. The highest BCUT2D eigenvalue weighted by molar-refractivity contribution is 6.35. The van der Waals surface area contributed by atoms with E-state index in [1.165, 1.54) is 6.07 Å². The molecule has 3 N–H and O–H groups in total. The number of rotatable bonds is 5. The molecule has 0 radical (unpaired) electrons. The van der Waals surface area contributed by atoms with Gasteiger partial charge in [-0.1, -0.05) is 53.5 Å². The van der Waals surface area contributed by atoms with E-state index in [1.807, 2.05) is 30.3 Å². The second-order valence-corrected chi connectivity index (χ2v) is 5.54. The highest BCUT2D eigenvalue weighted by Gasteiger charge is 2.08. The molecule has 0 aromatic heterocycles. The van der Waals surface area contributed by atoms with Gasteiger partial charge in [0.2, 0.25) is 5.91 Å². The fraction of sp³-hybridized carbons (Fsp3) is 0.125. The van der Waals surface area contributed by atoms with Crippen LogP contribution in [0.4, 0.5) is 10.5 Å². The van der Waals surface area contributed by atoms with Gasteiger partial charge in [0.15, 0.2) is 0 Å². The number of benzene rings is 2. The number of anilines is 1. The summed E-state index contributed by atoms with van der Waals surface area (Å²) < 4.78 is 0. The van der Waals surface area contributed by atoms with Gasteiger partial charge in [0.25, 0.3) is 0 Å². The maximum atomic E-state index is 11.8. The molecular formula is C16H15Cl2N3O2. The fourth-order valence-electron chi connectivity index (χ4n) is 1.79. The molecule has 0 aliphatic carbocycles. The van der Waals surface area contributed by atoms with Crippen molar-refractivity contribution < 1.29 is 9.59 Å². The molecule has 120 valence electrons. The summed E-state index contributed by atoms with van der Waals surface area (Å²) in [6, 6.07) is 13.8. The summed E-state index contributed by atoms with van der Waals surface area (Å²) in [5, 5.41) is 8.54. The largest absolute Gasteiger partial charge is 0.334 e. The van der Waals surface area contributed by atoms with Crippen molar-refractivity contribution in [2.45, 2.75) is 6.54 Å². The molecule has 0 atom stereocenters. The number of amides is 3. The van der Waals surface area contributed by atoms with Crippen LogP contribution in [-0.4, -0.2) is 18.5 Å². The van der Waals surface area contributed by atoms with Gasteiger partial charge >= 0.3 is 6.03 Å². The molecule has 0 aliphatic heterocycles. The lowest BCUT2D eigenvalue weighted by molar-refractivity contribution is -0.115. The maximum absolute atomic E-state index is 11.8. The minimum absolute atomic E-state index is 0.177. The van der Waals surface area contributed by atoms with E-state index in [0.29, 0.717) is 22.3 Å². The number of hydrogen-bond donors (Lipinski definition) is 3. The Morgan fingerprint density at radius 3 is 2.43 bits per heavy atom. The van der Waals surface area contributed by atoms with Gasteiger partial charge in [-0.25, -0.2) is 4.79 Å². The smallest absolute Gasteiger partial charge is 0.315 e. The van der Waals surface area contributed by atoms with Gasteiger partial charge < -0.3 is 16.0 Å². The van der Waals surface area contributed by atoms with E-state index in [9.17, 15) is 9.59 Å². The molecule has 7 heteroatoms. The van der Waals surface area contributed by atoms with E-state index in [4.69, 9.17) is 23.2 Å². The third-order valence-electron chi connectivity index (χ3n) is 2.91. The second kappa shape index (κ2) is 8.41. The number of halogens is 2. The first kappa shape index (κ1) is 17.1. The van der Waals surface area contributed by atoms with Crippen molar-refractivity contribution in [1.82, 2.24) is 10.6 Å². The predicted molar refractivity (Wildman–Crippen MR) is 91.8 cm³/mol. The second-order valence-electron chi connectivity index (χ2n) is 4.69. The first-order valence-corrected chi connectivity index (χ1v) is 7.61. The topological polar surface area (TPSA) is 70.2 Å². The highest BCUT2D eigenvalue weighted by atomic mass is 35.5. The molecule has 2 rings (SSSR count). The maximum Gasteiger partial charge on any atom is 0.315 e. The van der Waals surface area contributed by atoms with Crippen molar-refractivity contribution in [3.05, 3.63) is 64.1 Å². The first-order chi connectivity index (χ1) is 11.0. The van der Waals surface area contributed by atoms with Crippen molar-refractivity contribution in [2.24, 2.45) is 0 Å². The lowest BCUT2D eigenvalue weighted by Gasteiger charge is -2.09. The van der Waals surface area contributed by atoms with Crippen LogP contribution in [0.1, 0.15) is 5.56 Å². The molecule has 0 bridgehead atoms. The average molecular weight is 352 g/mol. The quantitative estimate of drug-likeness (QED) is 0.772. The number of urea groups is 1. The standard InChI is InChI=1S/C16H15Cl2N3O2/c17-12-6-7-13(18)14(8-12)21-15(22)10-20-16(23)19-9-11-4-2-1-3-5-11/h1-8H,9-10H2,(H,21,22)(H2,19,20,23). The molecule has 0 spiro atoms. The van der Waals surface area contributed by atoms with E-state index >= 15 is 0 Å². The molecule has 0 aliphatic rings. The number of carbonyl (C=O) groups excluding carboxylic acids is 2. The summed E-state index contributed by atoms with van der Waals surface area (Å²) in [5.74, 6) is -0.399. The van der Waals surface area contributed by atoms with Crippen LogP contribution >= 0.6 is 23.2 Å². The third kappa shape index (κ3) is 5.81. The molecule has 3 amide bonds. The molecule has 23 heavy (non-hydrogen) atoms. The third-order valence-corrected chi connectivity index (χ3v) is 3.47. The Bertz CT molecular complexity index is 693. The van der Waals surface area contributed by atoms with Crippen LogP contribution in [0.2, 0.25) is 10.0 Å². The molecule has 5 nitrogen and oxygen atoms in total. The first-order valence-electron chi connectivity index (χ1n) is 6.85. The van der Waals surface area contributed by atoms with E-state index in [2.05, 4.69) is 16.0 Å². The Hall–Kier alpha value is -2.24. The summed E-state index contributed by atoms with van der Waals surface area (Å²) in [6.07, 6.45) is 0. The molecule has 0 fully saturated rings. The van der Waals surface area contributed by atoms with Crippen LogP contribution in [0.3, 0.4) is 0 Å². The minimum Gasteiger partial charge on any atom is -0.334 e. The molecular weight excluding hydrogens is 337 g/mol. The molecule has 2 aromatic carbocycles. The van der Waals surface area contributed by atoms with Crippen LogP contribution in [-0.2, 0) is 11.3 Å². The number of carbonyl (C=O) groups is 2. The number of hydrogen-bond acceptors (Lipinski definition) is 2. The minimum atomic E-state index is -0.429. The predicted octanol–water partition coefficient (Wildman–Crippen LogP) is 3.43. The molecule has 0 heterocycles. The van der Waals surface area contributed by atoms with Gasteiger partial charge in [0, 0.05) is 11.6 Å². The van der Waals surface area contributed by atoms with Crippen LogP contribution in [0.5, 0.6) is 0 Å². The Kier molecular flexibility index (Phi) is 6.26. The van der Waals surface area contributed by atoms with Gasteiger partial charge in [-0.2, -0.15) is 0 Å². The van der Waals surface area contributed by atoms with Crippen molar-refractivity contribution in [3.63, 3.8) is 0 Å². The highest BCUT2D eigenvalue weighted by Crippen LogP contribution is 2.25. The van der Waals surface area contributed by atoms with E-state index < -0.39 is 11.9 Å². The fourth-order valence-corrected chi connectivity index (χ4v) is 2.13. The lowest BCUT2D eigenvalue weighted by atomic mass is 10.2. The van der Waals surface area contributed by atoms with Crippen LogP contribution in [0, 0.1) is 0 Å². The van der Waals surface area contributed by atoms with Crippen molar-refractivity contribution in [3.8, 4) is 0 Å². The van der Waals surface area contributed by atoms with Gasteiger partial charge in [0.05, 0.1) is 17.3 Å². The van der Waals surface area contributed by atoms with Crippen LogP contribution in [0.25, 0.3) is 0 Å². The SMILES string of the molecule is O=C(CNC(=O)NCc1ccccc1)Nc1cc(Cl)ccc1Cl. The Labute approximate surface area is 144 Å². The van der Waals surface area contributed by atoms with Crippen molar-refractivity contribution in [2.75, 3.05) is 11.9 Å². The van der Waals surface area contributed by atoms with Gasteiger partial charge in [-0.3, -0.25) is 4.79 Å². The van der Waals surface area contributed by atoms with Crippen LogP contribution in [0.15, 0.2) is 48.5 Å². The van der Waals surface area contributed by atoms with Crippen molar-refractivity contribution >= 4 is 40.8 Å². The van der Waals surface area contributed by atoms with E-state index in [0.717, 1.165) is 5.56 Å². The Balaban J connectivity index is 1.75. The zero-order valence-corrected chi connectivity index (χ0v) is 13.6. The van der Waals surface area contributed by atoms with E-state index in [1.54, 1.807) is 12.1 Å². The average Bonchev–Trinajstić information content (AvgIpc) is 2.55. The molecule has 0 unspecified atom stereocenters. The monoisotopic (exact) mass is 351 g/mol.